The van der Waals surface area contributed by atoms with Crippen LogP contribution in [0.4, 0.5) is 0 Å². The number of thioether (sulfide) groups is 1. The summed E-state index contributed by atoms with van der Waals surface area (Å²) in [6.07, 6.45) is 0. The summed E-state index contributed by atoms with van der Waals surface area (Å²) in [6.45, 7) is 5.74. The predicted octanol–water partition coefficient (Wildman–Crippen LogP) is 2.39. The fourth-order valence-electron chi connectivity index (χ4n) is 1.91. The molecule has 0 aromatic carbocycles. The largest absolute Gasteiger partial charge is 0.460 e. The number of esters is 1. The van der Waals surface area contributed by atoms with Gasteiger partial charge in [-0.3, -0.25) is 5.32 Å². The number of carbonyl (C=O) groups excluding carboxylic acids is 1. The summed E-state index contributed by atoms with van der Waals surface area (Å²) < 4.78 is 15.9. The molecule has 122 valence electrons. The highest BCUT2D eigenvalue weighted by Crippen LogP contribution is 2.30. The van der Waals surface area contributed by atoms with Gasteiger partial charge in [0, 0.05) is 17.6 Å². The van der Waals surface area contributed by atoms with Gasteiger partial charge < -0.3 is 18.8 Å². The van der Waals surface area contributed by atoms with Gasteiger partial charge in [0.15, 0.2) is 0 Å². The third kappa shape index (κ3) is 4.53. The molecular formula is C15H22N2O4S. The summed E-state index contributed by atoms with van der Waals surface area (Å²) in [7, 11) is 2.08. The van der Waals surface area contributed by atoms with Crippen LogP contribution in [0.3, 0.4) is 0 Å². The van der Waals surface area contributed by atoms with Crippen LogP contribution in [0.5, 0.6) is 0 Å². The minimum absolute atomic E-state index is 0.228. The summed E-state index contributed by atoms with van der Waals surface area (Å²) in [5.41, 5.74) is 1.27. The molecule has 2 rings (SSSR count). The highest BCUT2D eigenvalue weighted by molar-refractivity contribution is 8.03. The minimum atomic E-state index is -0.435. The number of ether oxygens (including phenoxy) is 2. The molecule has 0 atom stereocenters. The van der Waals surface area contributed by atoms with E-state index in [4.69, 9.17) is 13.9 Å². The summed E-state index contributed by atoms with van der Waals surface area (Å²) in [5.74, 6) is 1.46. The molecule has 22 heavy (non-hydrogen) atoms. The Morgan fingerprint density at radius 3 is 3.00 bits per heavy atom. The summed E-state index contributed by atoms with van der Waals surface area (Å²) in [6, 6.07) is 3.38. The van der Waals surface area contributed by atoms with Crippen molar-refractivity contribution in [3.8, 4) is 0 Å². The Hall–Kier alpha value is -1.44. The Kier molecular flexibility index (Phi) is 6.35. The molecule has 0 unspecified atom stereocenters. The molecule has 0 amide bonds. The van der Waals surface area contributed by atoms with E-state index in [2.05, 4.69) is 24.2 Å². The van der Waals surface area contributed by atoms with Crippen molar-refractivity contribution in [2.75, 3.05) is 32.9 Å². The molecule has 0 saturated heterocycles. The van der Waals surface area contributed by atoms with Crippen LogP contribution in [0, 0.1) is 0 Å². The van der Waals surface area contributed by atoms with E-state index in [1.54, 1.807) is 19.1 Å². The zero-order valence-corrected chi connectivity index (χ0v) is 14.0. The second-order valence-corrected chi connectivity index (χ2v) is 5.93. The van der Waals surface area contributed by atoms with Gasteiger partial charge in [-0.05, 0) is 26.0 Å². The molecule has 0 saturated carbocycles. The zero-order chi connectivity index (χ0) is 15.9. The van der Waals surface area contributed by atoms with Crippen LogP contribution < -0.4 is 5.32 Å². The first-order valence-electron chi connectivity index (χ1n) is 7.19. The maximum atomic E-state index is 11.5. The molecule has 1 N–H and O–H groups in total. The van der Waals surface area contributed by atoms with E-state index in [0.29, 0.717) is 32.2 Å². The standard InChI is InChI=1S/C15H22N2O4S/c1-4-20-15(18)13-6-5-12(21-13)7-16-9-19-8-14-11(2)17(3)10-22-14/h5-6,16H,4,7-10H2,1-3H3. The highest BCUT2D eigenvalue weighted by Gasteiger charge is 2.16. The molecule has 2 heterocycles. The van der Waals surface area contributed by atoms with E-state index >= 15 is 0 Å². The minimum Gasteiger partial charge on any atom is -0.460 e. The molecular weight excluding hydrogens is 304 g/mol. The van der Waals surface area contributed by atoms with Crippen LogP contribution in [0.15, 0.2) is 27.2 Å². The molecule has 6 nitrogen and oxygen atoms in total. The number of furan rings is 1. The molecule has 1 aromatic rings. The Bertz CT molecular complexity index is 541. The van der Waals surface area contributed by atoms with Gasteiger partial charge in [-0.1, -0.05) is 0 Å². The van der Waals surface area contributed by atoms with Crippen molar-refractivity contribution in [1.29, 1.82) is 0 Å². The lowest BCUT2D eigenvalue weighted by Gasteiger charge is -2.10. The monoisotopic (exact) mass is 326 g/mol. The van der Waals surface area contributed by atoms with Crippen LogP contribution in [0.2, 0.25) is 0 Å². The quantitative estimate of drug-likeness (QED) is 0.447. The van der Waals surface area contributed by atoms with Crippen LogP contribution in [-0.2, 0) is 16.0 Å². The van der Waals surface area contributed by atoms with E-state index in [-0.39, 0.29) is 5.76 Å². The maximum Gasteiger partial charge on any atom is 0.374 e. The van der Waals surface area contributed by atoms with E-state index in [0.717, 1.165) is 5.88 Å². The molecule has 0 aliphatic carbocycles. The van der Waals surface area contributed by atoms with Gasteiger partial charge in [0.05, 0.1) is 32.4 Å². The number of hydrogen-bond donors (Lipinski definition) is 1. The van der Waals surface area contributed by atoms with Gasteiger partial charge in [0.1, 0.15) is 5.76 Å². The number of nitrogens with one attached hydrogen (secondary N) is 1. The van der Waals surface area contributed by atoms with Crippen molar-refractivity contribution in [3.63, 3.8) is 0 Å². The van der Waals surface area contributed by atoms with Crippen LogP contribution in [0.1, 0.15) is 30.2 Å². The lowest BCUT2D eigenvalue weighted by molar-refractivity contribution is 0.0487. The molecule has 1 aliphatic rings. The summed E-state index contributed by atoms with van der Waals surface area (Å²) in [5, 5.41) is 3.12. The number of carbonyl (C=O) groups is 1. The predicted molar refractivity (Wildman–Crippen MR) is 85.2 cm³/mol. The molecule has 0 fully saturated rings. The Morgan fingerprint density at radius 1 is 1.50 bits per heavy atom. The Labute approximate surface area is 134 Å². The van der Waals surface area contributed by atoms with E-state index < -0.39 is 5.97 Å². The first-order chi connectivity index (χ1) is 10.6. The maximum absolute atomic E-state index is 11.5. The fraction of sp³-hybridized carbons (Fsp3) is 0.533. The number of rotatable bonds is 8. The number of allylic oxidation sites excluding steroid dienone is 1. The average Bonchev–Trinajstić information content (AvgIpc) is 3.09. The van der Waals surface area contributed by atoms with Crippen molar-refractivity contribution >= 4 is 17.7 Å². The summed E-state index contributed by atoms with van der Waals surface area (Å²) in [4.78, 5) is 14.9. The van der Waals surface area contributed by atoms with Crippen molar-refractivity contribution in [2.24, 2.45) is 0 Å². The van der Waals surface area contributed by atoms with Crippen molar-refractivity contribution < 1.29 is 18.7 Å². The number of nitrogens with zero attached hydrogens (tertiary/aromatic N) is 1. The van der Waals surface area contributed by atoms with Gasteiger partial charge in [-0.25, -0.2) is 4.79 Å². The topological polar surface area (TPSA) is 63.9 Å². The Balaban J connectivity index is 1.66. The van der Waals surface area contributed by atoms with E-state index in [9.17, 15) is 4.79 Å². The molecule has 0 bridgehead atoms. The first kappa shape index (κ1) is 16.9. The average molecular weight is 326 g/mol. The third-order valence-corrected chi connectivity index (χ3v) is 4.56. The van der Waals surface area contributed by atoms with Gasteiger partial charge in [0.25, 0.3) is 0 Å². The second-order valence-electron chi connectivity index (χ2n) is 4.89. The van der Waals surface area contributed by atoms with Gasteiger partial charge in [-0.2, -0.15) is 0 Å². The van der Waals surface area contributed by atoms with Gasteiger partial charge in [-0.15, -0.1) is 11.8 Å². The van der Waals surface area contributed by atoms with Crippen LogP contribution in [0.25, 0.3) is 0 Å². The van der Waals surface area contributed by atoms with Crippen LogP contribution >= 0.6 is 11.8 Å². The smallest absolute Gasteiger partial charge is 0.374 e. The van der Waals surface area contributed by atoms with Crippen molar-refractivity contribution in [3.05, 3.63) is 34.3 Å². The summed E-state index contributed by atoms with van der Waals surface area (Å²) >= 11 is 1.81. The SMILES string of the molecule is CCOC(=O)c1ccc(CNCOCC2=C(C)N(C)CS2)o1. The molecule has 1 aliphatic heterocycles. The van der Waals surface area contributed by atoms with E-state index in [1.165, 1.54) is 10.6 Å². The molecule has 0 radical (unpaired) electrons. The lowest BCUT2D eigenvalue weighted by atomic mass is 10.4. The van der Waals surface area contributed by atoms with Gasteiger partial charge >= 0.3 is 5.97 Å². The normalized spacial score (nSPS) is 14.8. The first-order valence-corrected chi connectivity index (χ1v) is 8.18. The number of hydrogen-bond acceptors (Lipinski definition) is 7. The lowest BCUT2D eigenvalue weighted by Crippen LogP contribution is -2.18. The second kappa shape index (κ2) is 8.26. The zero-order valence-electron chi connectivity index (χ0n) is 13.2. The van der Waals surface area contributed by atoms with E-state index in [1.807, 2.05) is 11.8 Å². The van der Waals surface area contributed by atoms with Crippen LogP contribution in [-0.4, -0.2) is 43.7 Å². The highest BCUT2D eigenvalue weighted by atomic mass is 32.2. The molecule has 0 spiro atoms. The third-order valence-electron chi connectivity index (χ3n) is 3.28. The molecule has 7 heteroatoms. The van der Waals surface area contributed by atoms with Crippen molar-refractivity contribution in [2.45, 2.75) is 20.4 Å². The fourth-order valence-corrected chi connectivity index (χ4v) is 2.98. The van der Waals surface area contributed by atoms with Gasteiger partial charge in [0.2, 0.25) is 5.76 Å². The van der Waals surface area contributed by atoms with Crippen molar-refractivity contribution in [1.82, 2.24) is 10.2 Å². The Morgan fingerprint density at radius 2 is 2.32 bits per heavy atom. The molecule has 1 aromatic heterocycles.